The number of carboxylic acid groups (broad SMARTS) is 1. The quantitative estimate of drug-likeness (QED) is 0.133. The van der Waals surface area contributed by atoms with Gasteiger partial charge in [-0.05, 0) is 109 Å². The number of rotatable bonds is 8. The van der Waals surface area contributed by atoms with Crippen LogP contribution in [0.2, 0.25) is 0 Å². The number of carbonyl (C=O) groups is 2. The molecule has 1 amide bonds. The first-order chi connectivity index (χ1) is 25.3. The van der Waals surface area contributed by atoms with E-state index in [1.807, 2.05) is 6.92 Å². The largest absolute Gasteiger partial charge is 0.481 e. The van der Waals surface area contributed by atoms with Crippen LogP contribution in [0.5, 0.6) is 0 Å². The molecule has 0 aromatic carbocycles. The second-order valence-corrected chi connectivity index (χ2v) is 20.2. The van der Waals surface area contributed by atoms with E-state index in [4.69, 9.17) is 9.47 Å². The Morgan fingerprint density at radius 1 is 0.963 bits per heavy atom. The van der Waals surface area contributed by atoms with E-state index in [-0.39, 0.29) is 77.5 Å². The minimum Gasteiger partial charge on any atom is -0.481 e. The number of amides is 1. The summed E-state index contributed by atoms with van der Waals surface area (Å²) < 4.78 is 12.2. The molecule has 54 heavy (non-hydrogen) atoms. The number of aliphatic hydroxyl groups excluding tert-OH is 6. The van der Waals surface area contributed by atoms with E-state index in [0.717, 1.165) is 12.8 Å². The second-order valence-electron chi connectivity index (χ2n) is 20.2. The van der Waals surface area contributed by atoms with Crippen molar-refractivity contribution in [2.45, 2.75) is 143 Å². The van der Waals surface area contributed by atoms with Crippen LogP contribution >= 0.6 is 0 Å². The molecule has 12 nitrogen and oxygen atoms in total. The SMILES string of the molecule is CC[C@H]1C[C@@]2(C(=O)O)CC[C@](C)(CO)C[C@H]2C2=CC[C@@H]3[C@@]4(C)[C@H](C[C@H]5CNC(=O)C5)[C@@H](O)[C@@H](O[C@@H]5OC[C@@H](O)[C@H](O)[C@H]5O)[C@@](C)(CO)[C@H]4CC[C@@]3(C)[C@@]21C. The Bertz CT molecular complexity index is 1510. The predicted molar refractivity (Wildman–Crippen MR) is 197 cm³/mol. The van der Waals surface area contributed by atoms with Crippen molar-refractivity contribution in [1.82, 2.24) is 5.32 Å². The van der Waals surface area contributed by atoms with Crippen LogP contribution < -0.4 is 5.32 Å². The number of allylic oxidation sites excluding steroid dienone is 2. The first-order valence-corrected chi connectivity index (χ1v) is 20.7. The minimum atomic E-state index is -1.56. The van der Waals surface area contributed by atoms with Gasteiger partial charge in [0.15, 0.2) is 6.29 Å². The van der Waals surface area contributed by atoms with E-state index >= 15 is 0 Å². The van der Waals surface area contributed by atoms with Crippen LogP contribution in [0, 0.1) is 68.0 Å². The molecule has 2 saturated heterocycles. The van der Waals surface area contributed by atoms with Crippen LogP contribution in [0.25, 0.3) is 0 Å². The minimum absolute atomic E-state index is 0.0174. The zero-order chi connectivity index (χ0) is 39.4. The van der Waals surface area contributed by atoms with Crippen molar-refractivity contribution in [3.8, 4) is 0 Å². The van der Waals surface area contributed by atoms with E-state index < -0.39 is 59.0 Å². The molecule has 0 aromatic heterocycles. The Labute approximate surface area is 320 Å². The molecule has 8 N–H and O–H groups in total. The number of aliphatic carboxylic acids is 1. The molecule has 0 aromatic rings. The molecular formula is C42H67NO11. The third-order valence-electron chi connectivity index (χ3n) is 17.9. The fourth-order valence-electron chi connectivity index (χ4n) is 14.6. The Kier molecular flexibility index (Phi) is 10.3. The highest BCUT2D eigenvalue weighted by Gasteiger charge is 2.74. The highest BCUT2D eigenvalue weighted by atomic mass is 16.7. The molecule has 12 heteroatoms. The summed E-state index contributed by atoms with van der Waals surface area (Å²) in [7, 11) is 0. The average molecular weight is 762 g/mol. The fourth-order valence-corrected chi connectivity index (χ4v) is 14.6. The Morgan fingerprint density at radius 3 is 2.30 bits per heavy atom. The molecule has 0 unspecified atom stereocenters. The van der Waals surface area contributed by atoms with Gasteiger partial charge >= 0.3 is 5.97 Å². The van der Waals surface area contributed by atoms with E-state index in [2.05, 4.69) is 46.0 Å². The molecule has 6 fully saturated rings. The number of ether oxygens (including phenoxy) is 2. The molecule has 7 rings (SSSR count). The topological polar surface area (TPSA) is 206 Å². The molecule has 18 atom stereocenters. The van der Waals surface area contributed by atoms with Crippen molar-refractivity contribution < 1.29 is 54.8 Å². The molecule has 7 aliphatic rings. The average Bonchev–Trinajstić information content (AvgIpc) is 3.56. The van der Waals surface area contributed by atoms with Crippen LogP contribution in [0.4, 0.5) is 0 Å². The summed E-state index contributed by atoms with van der Waals surface area (Å²) in [5.41, 5.74) is -2.24. The van der Waals surface area contributed by atoms with Gasteiger partial charge in [-0.1, -0.05) is 59.6 Å². The molecule has 5 aliphatic carbocycles. The van der Waals surface area contributed by atoms with Gasteiger partial charge < -0.3 is 50.5 Å². The van der Waals surface area contributed by atoms with Crippen LogP contribution in [-0.4, -0.2) is 111 Å². The van der Waals surface area contributed by atoms with Gasteiger partial charge in [-0.25, -0.2) is 0 Å². The first-order valence-electron chi connectivity index (χ1n) is 20.7. The number of carbonyl (C=O) groups excluding carboxylic acids is 1. The number of aliphatic hydroxyl groups is 6. The third kappa shape index (κ3) is 5.50. The summed E-state index contributed by atoms with van der Waals surface area (Å²) in [6.45, 7) is 13.3. The van der Waals surface area contributed by atoms with Crippen molar-refractivity contribution >= 4 is 11.9 Å². The van der Waals surface area contributed by atoms with Crippen molar-refractivity contribution in [2.75, 3.05) is 26.4 Å². The summed E-state index contributed by atoms with van der Waals surface area (Å²) in [6.07, 6.45) is 0.915. The summed E-state index contributed by atoms with van der Waals surface area (Å²) in [4.78, 5) is 25.9. The Hall–Kier alpha value is -1.64. The van der Waals surface area contributed by atoms with E-state index in [1.54, 1.807) is 0 Å². The third-order valence-corrected chi connectivity index (χ3v) is 17.9. The molecule has 0 bridgehead atoms. The highest BCUT2D eigenvalue weighted by Crippen LogP contribution is 2.78. The monoisotopic (exact) mass is 761 g/mol. The maximum Gasteiger partial charge on any atom is 0.310 e. The van der Waals surface area contributed by atoms with Crippen LogP contribution in [0.15, 0.2) is 11.6 Å². The zero-order valence-corrected chi connectivity index (χ0v) is 33.2. The maximum atomic E-state index is 13.4. The van der Waals surface area contributed by atoms with Crippen molar-refractivity contribution in [3.05, 3.63) is 11.6 Å². The van der Waals surface area contributed by atoms with Crippen LogP contribution in [0.3, 0.4) is 0 Å². The lowest BCUT2D eigenvalue weighted by atomic mass is 9.30. The molecule has 4 saturated carbocycles. The lowest BCUT2D eigenvalue weighted by molar-refractivity contribution is -0.340. The summed E-state index contributed by atoms with van der Waals surface area (Å²) in [5.74, 6) is -1.37. The summed E-state index contributed by atoms with van der Waals surface area (Å²) in [6, 6.07) is 0. The van der Waals surface area contributed by atoms with Gasteiger partial charge in [0.25, 0.3) is 0 Å². The number of nitrogens with one attached hydrogen (secondary N) is 1. The molecule has 2 heterocycles. The van der Waals surface area contributed by atoms with Crippen LogP contribution in [0.1, 0.15) is 106 Å². The Balaban J connectivity index is 1.35. The molecular weight excluding hydrogens is 694 g/mol. The first kappa shape index (κ1) is 40.6. The fraction of sp³-hybridized carbons (Fsp3) is 0.905. The standard InChI is InChI=1S/C42H67NO11/c1-7-23-16-42(36(51)52)13-12-37(2,20-44)17-26(42)24-8-9-29-39(4,41(23,24)6)11-10-28-38(3,21-45)34(54-35-33(50)32(49)27(46)19-53-35)31(48)25(40(28,29)5)14-22-15-30(47)43-18-22/h8,22-23,25-29,31-35,44-46,48-50H,7,9-21H2,1-6H3,(H,43,47)(H,51,52)/t22-,23+,25-,26+,27-,28-,29+,31-,32+,33-,34-,35+,37+,38+,39-,40+,41-,42+/m1/s1. The van der Waals surface area contributed by atoms with Crippen molar-refractivity contribution in [1.29, 1.82) is 0 Å². The number of carboxylic acids is 1. The lowest BCUT2D eigenvalue weighted by Crippen LogP contribution is -2.73. The molecule has 2 aliphatic heterocycles. The van der Waals surface area contributed by atoms with Crippen molar-refractivity contribution in [2.24, 2.45) is 68.0 Å². The lowest BCUT2D eigenvalue weighted by Gasteiger charge is -2.74. The van der Waals surface area contributed by atoms with Gasteiger partial charge in [-0.15, -0.1) is 0 Å². The van der Waals surface area contributed by atoms with E-state index in [0.29, 0.717) is 57.9 Å². The second kappa shape index (κ2) is 13.7. The smallest absolute Gasteiger partial charge is 0.310 e. The van der Waals surface area contributed by atoms with E-state index in [9.17, 15) is 45.3 Å². The normalized spacial score (nSPS) is 54.4. The Morgan fingerprint density at radius 2 is 1.69 bits per heavy atom. The maximum absolute atomic E-state index is 13.4. The number of fused-ring (bicyclic) bond motifs is 7. The number of hydrogen-bond acceptors (Lipinski definition) is 10. The molecule has 0 spiro atoms. The predicted octanol–water partition coefficient (Wildman–Crippen LogP) is 3.00. The summed E-state index contributed by atoms with van der Waals surface area (Å²) >= 11 is 0. The van der Waals surface area contributed by atoms with Gasteiger partial charge in [0.2, 0.25) is 5.91 Å². The van der Waals surface area contributed by atoms with Crippen molar-refractivity contribution in [3.63, 3.8) is 0 Å². The zero-order valence-electron chi connectivity index (χ0n) is 33.2. The van der Waals surface area contributed by atoms with Gasteiger partial charge in [-0.3, -0.25) is 9.59 Å². The molecule has 0 radical (unpaired) electrons. The van der Waals surface area contributed by atoms with Crippen LogP contribution in [-0.2, 0) is 19.1 Å². The van der Waals surface area contributed by atoms with Gasteiger partial charge in [0.05, 0.1) is 30.8 Å². The van der Waals surface area contributed by atoms with Gasteiger partial charge in [-0.2, -0.15) is 0 Å². The summed E-state index contributed by atoms with van der Waals surface area (Å²) in [5, 5.41) is 80.3. The van der Waals surface area contributed by atoms with E-state index in [1.165, 1.54) is 5.57 Å². The molecule has 306 valence electrons. The van der Waals surface area contributed by atoms with Gasteiger partial charge in [0.1, 0.15) is 18.3 Å². The highest BCUT2D eigenvalue weighted by molar-refractivity contribution is 5.78. The van der Waals surface area contributed by atoms with Gasteiger partial charge in [0, 0.05) is 25.0 Å². The number of hydrogen-bond donors (Lipinski definition) is 8.